The fourth-order valence-corrected chi connectivity index (χ4v) is 3.03. The van der Waals surface area contributed by atoms with Gasteiger partial charge in [0.2, 0.25) is 0 Å². The maximum absolute atomic E-state index is 13.1. The van der Waals surface area contributed by atoms with Crippen LogP contribution >= 0.6 is 11.6 Å². The molecule has 0 amide bonds. The highest BCUT2D eigenvalue weighted by molar-refractivity contribution is 6.32. The van der Waals surface area contributed by atoms with Crippen LogP contribution in [0.25, 0.3) is 0 Å². The van der Waals surface area contributed by atoms with Crippen LogP contribution in [0.5, 0.6) is 0 Å². The van der Waals surface area contributed by atoms with Gasteiger partial charge in [-0.3, -0.25) is 0 Å². The summed E-state index contributed by atoms with van der Waals surface area (Å²) in [6, 6.07) is 13.9. The van der Waals surface area contributed by atoms with Gasteiger partial charge in [-0.05, 0) is 42.8 Å². The third-order valence-electron chi connectivity index (χ3n) is 3.94. The van der Waals surface area contributed by atoms with E-state index in [1.165, 1.54) is 12.1 Å². The van der Waals surface area contributed by atoms with Crippen molar-refractivity contribution >= 4 is 17.3 Å². The molecular weight excluding hydrogens is 315 g/mol. The largest absolute Gasteiger partial charge is 0.367 e. The van der Waals surface area contributed by atoms with Gasteiger partial charge in [-0.1, -0.05) is 23.7 Å². The predicted molar refractivity (Wildman–Crippen MR) is 88.1 cm³/mol. The Bertz CT molecular complexity index is 742. The van der Waals surface area contributed by atoms with E-state index >= 15 is 0 Å². The molecule has 0 aromatic heterocycles. The first kappa shape index (κ1) is 15.8. The van der Waals surface area contributed by atoms with E-state index in [0.717, 1.165) is 17.8 Å². The maximum atomic E-state index is 13.1. The van der Waals surface area contributed by atoms with Crippen LogP contribution in [-0.2, 0) is 4.74 Å². The molecule has 1 heterocycles. The van der Waals surface area contributed by atoms with E-state index in [-0.39, 0.29) is 18.0 Å². The molecule has 0 spiro atoms. The minimum absolute atomic E-state index is 0.0354. The number of benzene rings is 2. The topological polar surface area (TPSA) is 36.3 Å². The molecule has 0 radical (unpaired) electrons. The Hall–Kier alpha value is -2.09. The van der Waals surface area contributed by atoms with Crippen LogP contribution in [-0.4, -0.2) is 19.2 Å². The van der Waals surface area contributed by atoms with E-state index in [1.54, 1.807) is 24.3 Å². The van der Waals surface area contributed by atoms with Gasteiger partial charge in [0.15, 0.2) is 0 Å². The lowest BCUT2D eigenvalue weighted by atomic mass is 10.1. The summed E-state index contributed by atoms with van der Waals surface area (Å²) in [4.78, 5) is 2.18. The minimum atomic E-state index is -0.256. The minimum Gasteiger partial charge on any atom is -0.367 e. The number of rotatable bonds is 2. The van der Waals surface area contributed by atoms with Crippen LogP contribution in [0.4, 0.5) is 10.1 Å². The SMILES string of the molecule is CC1CN(c2ccc(C#N)c(Cl)c2)CC(c2ccc(F)cc2)O1. The highest BCUT2D eigenvalue weighted by atomic mass is 35.5. The quantitative estimate of drug-likeness (QED) is 0.823. The molecular formula is C18H16ClFN2O. The van der Waals surface area contributed by atoms with Crippen molar-refractivity contribution in [2.24, 2.45) is 0 Å². The van der Waals surface area contributed by atoms with Gasteiger partial charge in [0.05, 0.1) is 16.7 Å². The lowest BCUT2D eigenvalue weighted by Gasteiger charge is -2.38. The van der Waals surface area contributed by atoms with Crippen LogP contribution in [0.3, 0.4) is 0 Å². The molecule has 1 aliphatic rings. The summed E-state index contributed by atoms with van der Waals surface area (Å²) in [5.74, 6) is -0.256. The third kappa shape index (κ3) is 3.47. The Morgan fingerprint density at radius 2 is 1.96 bits per heavy atom. The van der Waals surface area contributed by atoms with Crippen molar-refractivity contribution in [1.29, 1.82) is 5.26 Å². The summed E-state index contributed by atoms with van der Waals surface area (Å²) < 4.78 is 19.1. The summed E-state index contributed by atoms with van der Waals surface area (Å²) in [5.41, 5.74) is 2.37. The number of halogens is 2. The molecule has 0 aliphatic carbocycles. The standard InChI is InChI=1S/C18H16ClFN2O/c1-12-10-22(16-7-4-14(9-21)17(19)8-16)11-18(23-12)13-2-5-15(20)6-3-13/h2-8,12,18H,10-11H2,1H3. The first-order chi connectivity index (χ1) is 11.1. The highest BCUT2D eigenvalue weighted by Gasteiger charge is 2.27. The summed E-state index contributed by atoms with van der Waals surface area (Å²) in [6.07, 6.45) is -0.0954. The molecule has 2 aromatic carbocycles. The molecule has 0 N–H and O–H groups in total. The van der Waals surface area contributed by atoms with Gasteiger partial charge >= 0.3 is 0 Å². The summed E-state index contributed by atoms with van der Waals surface area (Å²) in [6.45, 7) is 3.39. The number of morpholine rings is 1. The predicted octanol–water partition coefficient (Wildman–Crippen LogP) is 4.32. The molecule has 0 bridgehead atoms. The molecule has 5 heteroatoms. The molecule has 2 atom stereocenters. The van der Waals surface area contributed by atoms with Crippen molar-refractivity contribution in [1.82, 2.24) is 0 Å². The Morgan fingerprint density at radius 3 is 2.61 bits per heavy atom. The molecule has 1 aliphatic heterocycles. The van der Waals surface area contributed by atoms with Crippen LogP contribution in [0, 0.1) is 17.1 Å². The van der Waals surface area contributed by atoms with Crippen molar-refractivity contribution in [3.8, 4) is 6.07 Å². The first-order valence-corrected chi connectivity index (χ1v) is 7.80. The van der Waals surface area contributed by atoms with Crippen LogP contribution in [0.1, 0.15) is 24.2 Å². The van der Waals surface area contributed by atoms with E-state index in [0.29, 0.717) is 17.1 Å². The first-order valence-electron chi connectivity index (χ1n) is 7.42. The van der Waals surface area contributed by atoms with Crippen LogP contribution in [0.15, 0.2) is 42.5 Å². The van der Waals surface area contributed by atoms with Gasteiger partial charge in [-0.25, -0.2) is 4.39 Å². The fourth-order valence-electron chi connectivity index (χ4n) is 2.82. The number of anilines is 1. The van der Waals surface area contributed by atoms with Crippen molar-refractivity contribution in [3.63, 3.8) is 0 Å². The summed E-state index contributed by atoms with van der Waals surface area (Å²) >= 11 is 6.13. The second-order valence-corrected chi connectivity index (χ2v) is 6.08. The average molecular weight is 331 g/mol. The monoisotopic (exact) mass is 330 g/mol. The smallest absolute Gasteiger partial charge is 0.123 e. The van der Waals surface area contributed by atoms with Gasteiger partial charge in [0.25, 0.3) is 0 Å². The number of hydrogen-bond donors (Lipinski definition) is 0. The second kappa shape index (κ2) is 6.57. The molecule has 118 valence electrons. The number of nitrogens with zero attached hydrogens (tertiary/aromatic N) is 2. The van der Waals surface area contributed by atoms with Gasteiger partial charge in [-0.15, -0.1) is 0 Å². The lowest BCUT2D eigenvalue weighted by molar-refractivity contribution is -0.0174. The van der Waals surface area contributed by atoms with Gasteiger partial charge < -0.3 is 9.64 Å². The van der Waals surface area contributed by atoms with E-state index in [1.807, 2.05) is 13.0 Å². The fraction of sp³-hybridized carbons (Fsp3) is 0.278. The van der Waals surface area contributed by atoms with E-state index < -0.39 is 0 Å². The zero-order valence-electron chi connectivity index (χ0n) is 12.7. The molecule has 3 rings (SSSR count). The number of hydrogen-bond acceptors (Lipinski definition) is 3. The Morgan fingerprint density at radius 1 is 1.22 bits per heavy atom. The van der Waals surface area contributed by atoms with Crippen molar-refractivity contribution < 1.29 is 9.13 Å². The average Bonchev–Trinajstić information content (AvgIpc) is 2.55. The molecule has 1 fully saturated rings. The van der Waals surface area contributed by atoms with E-state index in [9.17, 15) is 4.39 Å². The molecule has 1 saturated heterocycles. The van der Waals surface area contributed by atoms with Crippen molar-refractivity contribution in [2.45, 2.75) is 19.1 Å². The molecule has 2 aromatic rings. The van der Waals surface area contributed by atoms with E-state index in [2.05, 4.69) is 11.0 Å². The van der Waals surface area contributed by atoms with Crippen molar-refractivity contribution in [2.75, 3.05) is 18.0 Å². The summed E-state index contributed by atoms with van der Waals surface area (Å²) in [7, 11) is 0. The Labute approximate surface area is 139 Å². The van der Waals surface area contributed by atoms with Gasteiger partial charge in [0, 0.05) is 18.8 Å². The third-order valence-corrected chi connectivity index (χ3v) is 4.25. The Kier molecular flexibility index (Phi) is 4.51. The van der Waals surface area contributed by atoms with Gasteiger partial charge in [-0.2, -0.15) is 5.26 Å². The molecule has 0 saturated carbocycles. The van der Waals surface area contributed by atoms with E-state index in [4.69, 9.17) is 21.6 Å². The van der Waals surface area contributed by atoms with Gasteiger partial charge in [0.1, 0.15) is 18.0 Å². The molecule has 23 heavy (non-hydrogen) atoms. The number of nitriles is 1. The number of ether oxygens (including phenoxy) is 1. The highest BCUT2D eigenvalue weighted by Crippen LogP contribution is 2.30. The second-order valence-electron chi connectivity index (χ2n) is 5.67. The molecule has 3 nitrogen and oxygen atoms in total. The van der Waals surface area contributed by atoms with Crippen LogP contribution in [0.2, 0.25) is 5.02 Å². The zero-order valence-corrected chi connectivity index (χ0v) is 13.4. The Balaban J connectivity index is 1.84. The normalized spacial score (nSPS) is 21.0. The lowest BCUT2D eigenvalue weighted by Crippen LogP contribution is -2.42. The molecule has 2 unspecified atom stereocenters. The maximum Gasteiger partial charge on any atom is 0.123 e. The zero-order chi connectivity index (χ0) is 16.4. The van der Waals surface area contributed by atoms with Crippen LogP contribution < -0.4 is 4.90 Å². The van der Waals surface area contributed by atoms with Crippen molar-refractivity contribution in [3.05, 3.63) is 64.4 Å². The summed E-state index contributed by atoms with van der Waals surface area (Å²) in [5, 5.41) is 9.42.